The number of hydrogen-bond acceptors (Lipinski definition) is 4. The predicted octanol–water partition coefficient (Wildman–Crippen LogP) is 2.54. The smallest absolute Gasteiger partial charge is 0.320 e. The molecule has 0 spiro atoms. The SMILES string of the molecule is CCCCOc1nc(OCCl)ncc1C. The normalized spacial score (nSPS) is 10.1. The van der Waals surface area contributed by atoms with E-state index in [9.17, 15) is 0 Å². The first-order valence-corrected chi connectivity index (χ1v) is 5.46. The molecule has 0 fully saturated rings. The lowest BCUT2D eigenvalue weighted by Gasteiger charge is -2.08. The number of ether oxygens (including phenoxy) is 2. The zero-order valence-corrected chi connectivity index (χ0v) is 9.75. The third-order valence-electron chi connectivity index (χ3n) is 1.82. The van der Waals surface area contributed by atoms with Crippen LogP contribution in [0.1, 0.15) is 25.3 Å². The molecular weight excluding hydrogens is 216 g/mol. The van der Waals surface area contributed by atoms with Gasteiger partial charge in [-0.25, -0.2) is 4.98 Å². The fraction of sp³-hybridized carbons (Fsp3) is 0.600. The second-order valence-electron chi connectivity index (χ2n) is 3.10. The summed E-state index contributed by atoms with van der Waals surface area (Å²) in [5.41, 5.74) is 0.896. The summed E-state index contributed by atoms with van der Waals surface area (Å²) in [7, 11) is 0. The Morgan fingerprint density at radius 1 is 1.40 bits per heavy atom. The number of nitrogens with zero attached hydrogens (tertiary/aromatic N) is 2. The van der Waals surface area contributed by atoms with Crippen LogP contribution in [-0.2, 0) is 0 Å². The van der Waals surface area contributed by atoms with Crippen LogP contribution in [0.5, 0.6) is 11.9 Å². The molecule has 0 aromatic carbocycles. The van der Waals surface area contributed by atoms with Crippen LogP contribution in [-0.4, -0.2) is 22.6 Å². The number of alkyl halides is 1. The zero-order valence-electron chi connectivity index (χ0n) is 8.99. The maximum Gasteiger partial charge on any atom is 0.320 e. The van der Waals surface area contributed by atoms with Gasteiger partial charge in [0.05, 0.1) is 6.61 Å². The Bertz CT molecular complexity index is 307. The maximum atomic E-state index is 5.49. The summed E-state index contributed by atoms with van der Waals surface area (Å²) >= 11 is 5.41. The highest BCUT2D eigenvalue weighted by Crippen LogP contribution is 2.16. The van der Waals surface area contributed by atoms with Gasteiger partial charge in [0.1, 0.15) is 0 Å². The Morgan fingerprint density at radius 3 is 2.87 bits per heavy atom. The summed E-state index contributed by atoms with van der Waals surface area (Å²) in [6.45, 7) is 4.67. The van der Waals surface area contributed by atoms with Gasteiger partial charge in [-0.3, -0.25) is 0 Å². The van der Waals surface area contributed by atoms with Crippen LogP contribution < -0.4 is 9.47 Å². The lowest BCUT2D eigenvalue weighted by atomic mass is 10.3. The minimum Gasteiger partial charge on any atom is -0.477 e. The lowest BCUT2D eigenvalue weighted by Crippen LogP contribution is -2.03. The molecule has 0 radical (unpaired) electrons. The highest BCUT2D eigenvalue weighted by Gasteiger charge is 2.05. The fourth-order valence-corrected chi connectivity index (χ4v) is 1.09. The van der Waals surface area contributed by atoms with Crippen molar-refractivity contribution in [3.63, 3.8) is 0 Å². The van der Waals surface area contributed by atoms with E-state index in [0.29, 0.717) is 12.5 Å². The number of aromatic nitrogens is 2. The Balaban J connectivity index is 2.63. The summed E-state index contributed by atoms with van der Waals surface area (Å²) in [5.74, 6) is 0.568. The van der Waals surface area contributed by atoms with E-state index in [1.165, 1.54) is 0 Å². The zero-order chi connectivity index (χ0) is 11.1. The van der Waals surface area contributed by atoms with Crippen LogP contribution in [0.4, 0.5) is 0 Å². The number of halogens is 1. The predicted molar refractivity (Wildman–Crippen MR) is 58.5 cm³/mol. The van der Waals surface area contributed by atoms with Crippen molar-refractivity contribution < 1.29 is 9.47 Å². The summed E-state index contributed by atoms with van der Waals surface area (Å²) in [6.07, 6.45) is 3.76. The van der Waals surface area contributed by atoms with Gasteiger partial charge in [-0.1, -0.05) is 24.9 Å². The van der Waals surface area contributed by atoms with E-state index >= 15 is 0 Å². The fourth-order valence-electron chi connectivity index (χ4n) is 0.989. The number of unbranched alkanes of at least 4 members (excludes halogenated alkanes) is 1. The molecule has 0 saturated heterocycles. The highest BCUT2D eigenvalue weighted by atomic mass is 35.5. The quantitative estimate of drug-likeness (QED) is 0.557. The molecule has 15 heavy (non-hydrogen) atoms. The average Bonchev–Trinajstić information content (AvgIpc) is 2.23. The Labute approximate surface area is 94.6 Å². The number of rotatable bonds is 6. The third kappa shape index (κ3) is 3.91. The van der Waals surface area contributed by atoms with Crippen molar-refractivity contribution in [2.45, 2.75) is 26.7 Å². The Hall–Kier alpha value is -1.03. The van der Waals surface area contributed by atoms with Crippen LogP contribution in [0.25, 0.3) is 0 Å². The number of hydrogen-bond donors (Lipinski definition) is 0. The van der Waals surface area contributed by atoms with Gasteiger partial charge >= 0.3 is 6.01 Å². The van der Waals surface area contributed by atoms with Crippen molar-refractivity contribution >= 4 is 11.6 Å². The minimum atomic E-state index is 0.0391. The van der Waals surface area contributed by atoms with Crippen LogP contribution in [0, 0.1) is 6.92 Å². The van der Waals surface area contributed by atoms with E-state index in [1.54, 1.807) is 6.20 Å². The van der Waals surface area contributed by atoms with E-state index in [0.717, 1.165) is 18.4 Å². The highest BCUT2D eigenvalue weighted by molar-refractivity contribution is 6.17. The van der Waals surface area contributed by atoms with Gasteiger partial charge in [-0.2, -0.15) is 4.98 Å². The van der Waals surface area contributed by atoms with Crippen molar-refractivity contribution in [1.29, 1.82) is 0 Å². The van der Waals surface area contributed by atoms with Gasteiger partial charge in [-0.05, 0) is 13.3 Å². The van der Waals surface area contributed by atoms with Gasteiger partial charge < -0.3 is 9.47 Å². The van der Waals surface area contributed by atoms with Crippen LogP contribution in [0.15, 0.2) is 6.20 Å². The standard InChI is InChI=1S/C10H15ClN2O2/c1-3-4-5-14-9-8(2)6-12-10(13-9)15-7-11/h6H,3-5,7H2,1-2H3. The van der Waals surface area contributed by atoms with Crippen molar-refractivity contribution in [3.05, 3.63) is 11.8 Å². The largest absolute Gasteiger partial charge is 0.477 e. The molecule has 1 aromatic rings. The van der Waals surface area contributed by atoms with E-state index in [1.807, 2.05) is 6.92 Å². The summed E-state index contributed by atoms with van der Waals surface area (Å²) in [6, 6.07) is 0.291. The molecule has 4 nitrogen and oxygen atoms in total. The van der Waals surface area contributed by atoms with Crippen molar-refractivity contribution in [3.8, 4) is 11.9 Å². The topological polar surface area (TPSA) is 44.2 Å². The molecule has 1 heterocycles. The Morgan fingerprint density at radius 2 is 2.20 bits per heavy atom. The summed E-state index contributed by atoms with van der Waals surface area (Å²) < 4.78 is 10.5. The number of aryl methyl sites for hydroxylation is 1. The summed E-state index contributed by atoms with van der Waals surface area (Å²) in [5, 5.41) is 0. The molecular formula is C10H15ClN2O2. The Kier molecular flexibility index (Phi) is 5.18. The molecule has 0 saturated carbocycles. The minimum absolute atomic E-state index is 0.0391. The molecule has 0 N–H and O–H groups in total. The van der Waals surface area contributed by atoms with Crippen molar-refractivity contribution in [2.24, 2.45) is 0 Å². The van der Waals surface area contributed by atoms with Crippen LogP contribution in [0.2, 0.25) is 0 Å². The van der Waals surface area contributed by atoms with Crippen LogP contribution in [0.3, 0.4) is 0 Å². The molecule has 0 aliphatic heterocycles. The third-order valence-corrected chi connectivity index (χ3v) is 1.93. The second-order valence-corrected chi connectivity index (χ2v) is 3.31. The molecule has 5 heteroatoms. The first kappa shape index (κ1) is 12.0. The van der Waals surface area contributed by atoms with Gasteiger partial charge in [-0.15, -0.1) is 0 Å². The molecule has 0 atom stereocenters. The first-order valence-electron chi connectivity index (χ1n) is 4.93. The molecule has 0 bridgehead atoms. The van der Waals surface area contributed by atoms with E-state index in [4.69, 9.17) is 21.1 Å². The van der Waals surface area contributed by atoms with Crippen LogP contribution >= 0.6 is 11.6 Å². The average molecular weight is 231 g/mol. The second kappa shape index (κ2) is 6.45. The summed E-state index contributed by atoms with van der Waals surface area (Å²) in [4.78, 5) is 8.05. The molecule has 0 aliphatic carbocycles. The van der Waals surface area contributed by atoms with Gasteiger partial charge in [0, 0.05) is 11.8 Å². The monoisotopic (exact) mass is 230 g/mol. The van der Waals surface area contributed by atoms with E-state index in [2.05, 4.69) is 16.9 Å². The molecule has 0 aliphatic rings. The first-order chi connectivity index (χ1) is 7.27. The maximum absolute atomic E-state index is 5.49. The molecule has 0 amide bonds. The van der Waals surface area contributed by atoms with Gasteiger partial charge in [0.2, 0.25) is 5.88 Å². The van der Waals surface area contributed by atoms with E-state index in [-0.39, 0.29) is 12.1 Å². The lowest BCUT2D eigenvalue weighted by molar-refractivity contribution is 0.283. The van der Waals surface area contributed by atoms with Gasteiger partial charge in [0.25, 0.3) is 0 Å². The molecule has 84 valence electrons. The van der Waals surface area contributed by atoms with E-state index < -0.39 is 0 Å². The molecule has 0 unspecified atom stereocenters. The molecule has 1 aromatic heterocycles. The van der Waals surface area contributed by atoms with Gasteiger partial charge in [0.15, 0.2) is 6.07 Å². The van der Waals surface area contributed by atoms with Crippen molar-refractivity contribution in [2.75, 3.05) is 12.7 Å². The molecule has 1 rings (SSSR count). The van der Waals surface area contributed by atoms with Crippen molar-refractivity contribution in [1.82, 2.24) is 9.97 Å².